The van der Waals surface area contributed by atoms with Gasteiger partial charge in [-0.1, -0.05) is 6.58 Å². The van der Waals surface area contributed by atoms with Gasteiger partial charge >= 0.3 is 0 Å². The van der Waals surface area contributed by atoms with Gasteiger partial charge in [-0.3, -0.25) is 9.59 Å². The summed E-state index contributed by atoms with van der Waals surface area (Å²) in [5, 5.41) is 0.371. The van der Waals surface area contributed by atoms with E-state index >= 15 is 0 Å². The van der Waals surface area contributed by atoms with Gasteiger partial charge in [0.25, 0.3) is 0 Å². The van der Waals surface area contributed by atoms with Gasteiger partial charge in [-0.15, -0.1) is 0 Å². The lowest BCUT2D eigenvalue weighted by molar-refractivity contribution is -0.114. The number of carbonyl (C=O) groups is 1. The number of hydrogen-bond donors (Lipinski definition) is 0. The zero-order valence-electron chi connectivity index (χ0n) is 15.5. The molecule has 0 saturated carbocycles. The molecule has 3 rings (SSSR count). The monoisotopic (exact) mass is 364 g/mol. The van der Waals surface area contributed by atoms with Crippen LogP contribution in [0.1, 0.15) is 12.5 Å². The summed E-state index contributed by atoms with van der Waals surface area (Å²) in [6, 6.07) is 12.0. The van der Waals surface area contributed by atoms with Crippen LogP contribution in [0.25, 0.3) is 22.3 Å². The third kappa shape index (κ3) is 3.77. The Kier molecular flexibility index (Phi) is 5.12. The van der Waals surface area contributed by atoms with Gasteiger partial charge in [0.15, 0.2) is 22.5 Å². The maximum absolute atomic E-state index is 12.7. The number of carbonyl (C=O) groups excluding carboxylic acids is 1. The maximum Gasteiger partial charge on any atom is 0.193 e. The van der Waals surface area contributed by atoms with Crippen molar-refractivity contribution in [2.75, 3.05) is 14.2 Å². The van der Waals surface area contributed by atoms with E-state index in [-0.39, 0.29) is 17.6 Å². The van der Waals surface area contributed by atoms with Crippen molar-refractivity contribution in [2.24, 2.45) is 0 Å². The zero-order chi connectivity index (χ0) is 19.6. The molecule has 1 heterocycles. The summed E-state index contributed by atoms with van der Waals surface area (Å²) in [5.74, 6) is 1.46. The zero-order valence-corrected chi connectivity index (χ0v) is 15.5. The van der Waals surface area contributed by atoms with Crippen molar-refractivity contribution in [2.45, 2.75) is 13.3 Å². The summed E-state index contributed by atoms with van der Waals surface area (Å²) in [6.07, 6.45) is 0.154. The van der Waals surface area contributed by atoms with Crippen LogP contribution in [0.4, 0.5) is 0 Å². The average molecular weight is 364 g/mol. The summed E-state index contributed by atoms with van der Waals surface area (Å²) >= 11 is 0. The fraction of sp³-hybridized carbons (Fsp3) is 0.182. The second-order valence-corrected chi connectivity index (χ2v) is 6.26. The minimum absolute atomic E-state index is 0.0874. The summed E-state index contributed by atoms with van der Waals surface area (Å²) in [4.78, 5) is 24.7. The molecule has 3 aromatic rings. The Morgan fingerprint density at radius 2 is 1.78 bits per heavy atom. The third-order valence-corrected chi connectivity index (χ3v) is 4.29. The molecule has 0 radical (unpaired) electrons. The van der Waals surface area contributed by atoms with E-state index < -0.39 is 0 Å². The lowest BCUT2D eigenvalue weighted by atomic mass is 10.0. The predicted octanol–water partition coefficient (Wildman–Crippen LogP) is 4.16. The van der Waals surface area contributed by atoms with Crippen LogP contribution in [-0.4, -0.2) is 20.0 Å². The number of rotatable bonds is 6. The van der Waals surface area contributed by atoms with E-state index in [0.717, 1.165) is 5.56 Å². The molecule has 0 aliphatic carbocycles. The van der Waals surface area contributed by atoms with E-state index in [1.54, 1.807) is 38.3 Å². The van der Waals surface area contributed by atoms with Crippen molar-refractivity contribution in [1.82, 2.24) is 0 Å². The second kappa shape index (κ2) is 7.50. The number of allylic oxidation sites excluding steroid dienone is 1. The van der Waals surface area contributed by atoms with Crippen molar-refractivity contribution in [1.29, 1.82) is 0 Å². The van der Waals surface area contributed by atoms with E-state index in [9.17, 15) is 9.59 Å². The van der Waals surface area contributed by atoms with E-state index in [1.807, 2.05) is 12.1 Å². The molecule has 0 amide bonds. The Hall–Kier alpha value is -3.34. The van der Waals surface area contributed by atoms with Crippen LogP contribution in [0.3, 0.4) is 0 Å². The Bertz CT molecular complexity index is 1070. The number of ether oxygens (including phenoxy) is 2. The molecular weight excluding hydrogens is 344 g/mol. The average Bonchev–Trinajstić information content (AvgIpc) is 2.67. The molecule has 27 heavy (non-hydrogen) atoms. The molecule has 1 aromatic heterocycles. The van der Waals surface area contributed by atoms with Gasteiger partial charge in [0.1, 0.15) is 11.5 Å². The summed E-state index contributed by atoms with van der Waals surface area (Å²) in [6.45, 7) is 5.32. The summed E-state index contributed by atoms with van der Waals surface area (Å²) in [7, 11) is 3.09. The van der Waals surface area contributed by atoms with Crippen LogP contribution in [0.2, 0.25) is 0 Å². The number of benzene rings is 2. The number of hydrogen-bond acceptors (Lipinski definition) is 5. The number of fused-ring (bicyclic) bond motifs is 1. The smallest absolute Gasteiger partial charge is 0.193 e. The Labute approximate surface area is 156 Å². The first-order valence-electron chi connectivity index (χ1n) is 8.41. The highest BCUT2D eigenvalue weighted by Gasteiger charge is 2.15. The Morgan fingerprint density at radius 1 is 1.07 bits per heavy atom. The normalized spacial score (nSPS) is 10.6. The van der Waals surface area contributed by atoms with Crippen molar-refractivity contribution in [3.63, 3.8) is 0 Å². The van der Waals surface area contributed by atoms with Gasteiger partial charge < -0.3 is 13.9 Å². The van der Waals surface area contributed by atoms with E-state index in [2.05, 4.69) is 6.58 Å². The van der Waals surface area contributed by atoms with Gasteiger partial charge in [0.2, 0.25) is 0 Å². The van der Waals surface area contributed by atoms with Gasteiger partial charge in [0.05, 0.1) is 19.6 Å². The van der Waals surface area contributed by atoms with Crippen LogP contribution < -0.4 is 14.9 Å². The van der Waals surface area contributed by atoms with Crippen molar-refractivity contribution >= 4 is 16.8 Å². The van der Waals surface area contributed by atoms with Crippen molar-refractivity contribution in [3.8, 4) is 22.8 Å². The van der Waals surface area contributed by atoms with Crippen molar-refractivity contribution < 1.29 is 18.7 Å². The number of ketones is 1. The maximum atomic E-state index is 12.7. The van der Waals surface area contributed by atoms with Gasteiger partial charge in [-0.25, -0.2) is 0 Å². The molecule has 0 spiro atoms. The number of methoxy groups -OCH3 is 2. The third-order valence-electron chi connectivity index (χ3n) is 4.29. The van der Waals surface area contributed by atoms with Crippen LogP contribution in [-0.2, 0) is 11.2 Å². The Balaban J connectivity index is 2.12. The van der Waals surface area contributed by atoms with Crippen molar-refractivity contribution in [3.05, 3.63) is 70.4 Å². The highest BCUT2D eigenvalue weighted by molar-refractivity contribution is 5.96. The lowest BCUT2D eigenvalue weighted by Crippen LogP contribution is -2.06. The highest BCUT2D eigenvalue weighted by atomic mass is 16.5. The minimum atomic E-state index is -0.204. The van der Waals surface area contributed by atoms with Gasteiger partial charge in [0, 0.05) is 18.1 Å². The Morgan fingerprint density at radius 3 is 2.37 bits per heavy atom. The molecule has 0 N–H and O–H groups in total. The largest absolute Gasteiger partial charge is 0.497 e. The molecule has 138 valence electrons. The molecule has 5 nitrogen and oxygen atoms in total. The highest BCUT2D eigenvalue weighted by Crippen LogP contribution is 2.30. The van der Waals surface area contributed by atoms with E-state index in [4.69, 9.17) is 13.9 Å². The summed E-state index contributed by atoms with van der Waals surface area (Å²) < 4.78 is 16.5. The lowest BCUT2D eigenvalue weighted by Gasteiger charge is -2.10. The molecule has 5 heteroatoms. The molecule has 0 aliphatic rings. The van der Waals surface area contributed by atoms with Crippen LogP contribution >= 0.6 is 0 Å². The standard InChI is InChI=1S/C22H20O5/c1-13(2)18(23)10-14-9-17-19(24)12-20(27-22(17)21(11-14)26-4)15-5-7-16(25-3)8-6-15/h5-9,11-12H,1,10H2,2-4H3. The van der Waals surface area contributed by atoms with Crippen LogP contribution in [0.5, 0.6) is 11.5 Å². The van der Waals surface area contributed by atoms with Crippen LogP contribution in [0, 0.1) is 0 Å². The first-order valence-corrected chi connectivity index (χ1v) is 8.41. The first kappa shape index (κ1) is 18.5. The van der Waals surface area contributed by atoms with Crippen LogP contribution in [0.15, 0.2) is 63.8 Å². The first-order chi connectivity index (χ1) is 12.9. The van der Waals surface area contributed by atoms with Gasteiger partial charge in [-0.05, 0) is 54.5 Å². The van der Waals surface area contributed by atoms with Gasteiger partial charge in [-0.2, -0.15) is 0 Å². The molecule has 0 fully saturated rings. The fourth-order valence-electron chi connectivity index (χ4n) is 2.77. The molecule has 0 saturated heterocycles. The molecule has 2 aromatic carbocycles. The molecular formula is C22H20O5. The molecule has 0 aliphatic heterocycles. The fourth-order valence-corrected chi connectivity index (χ4v) is 2.77. The minimum Gasteiger partial charge on any atom is -0.497 e. The second-order valence-electron chi connectivity index (χ2n) is 6.26. The predicted molar refractivity (Wildman–Crippen MR) is 105 cm³/mol. The topological polar surface area (TPSA) is 65.7 Å². The molecule has 0 bridgehead atoms. The van der Waals surface area contributed by atoms with E-state index in [1.165, 1.54) is 13.2 Å². The number of Topliss-reactive ketones (excluding diaryl/α,β-unsaturated/α-hetero) is 1. The summed E-state index contributed by atoms with van der Waals surface area (Å²) in [5.41, 5.74) is 2.04. The SMILES string of the molecule is C=C(C)C(=O)Cc1cc(OC)c2oc(-c3ccc(OC)cc3)cc(=O)c2c1. The molecule has 0 atom stereocenters. The molecule has 0 unspecified atom stereocenters. The van der Waals surface area contributed by atoms with E-state index in [0.29, 0.717) is 39.4 Å². The quantitative estimate of drug-likeness (QED) is 0.614.